The van der Waals surface area contributed by atoms with Crippen LogP contribution in [0.2, 0.25) is 0 Å². The molecule has 0 saturated carbocycles. The van der Waals surface area contributed by atoms with Crippen LogP contribution < -0.4 is 4.74 Å². The highest BCUT2D eigenvalue weighted by atomic mass is 19.4. The van der Waals surface area contributed by atoms with Crippen LogP contribution >= 0.6 is 0 Å². The molecule has 0 saturated heterocycles. The SMILES string of the molecule is O=C1OC(=O)c2cc3c(cc21)Oc1cc2c(cc1C3(C(F)(F)F)C(F)(F)F)C(=O)OC2=O. The Balaban J connectivity index is 1.93. The van der Waals surface area contributed by atoms with Gasteiger partial charge < -0.3 is 14.2 Å². The first-order valence-corrected chi connectivity index (χ1v) is 8.48. The predicted octanol–water partition coefficient (Wildman–Crippen LogP) is 3.82. The van der Waals surface area contributed by atoms with Crippen molar-refractivity contribution in [3.8, 4) is 11.5 Å². The third-order valence-corrected chi connectivity index (χ3v) is 5.37. The standard InChI is InChI=1S/C19H4F6O7/c20-18(21,22)17(19(23,24)25)9-1-5-7(15(28)31-13(5)26)3-11(9)30-12-4-8-6(2-10(12)17)14(27)32-16(8)29/h1-4H. The summed E-state index contributed by atoms with van der Waals surface area (Å²) in [5.74, 6) is -7.49. The number of hydrogen-bond acceptors (Lipinski definition) is 7. The van der Waals surface area contributed by atoms with E-state index in [0.29, 0.717) is 12.1 Å². The maximum Gasteiger partial charge on any atom is 0.411 e. The molecule has 0 aromatic heterocycles. The van der Waals surface area contributed by atoms with Gasteiger partial charge in [-0.3, -0.25) is 0 Å². The van der Waals surface area contributed by atoms with Crippen molar-refractivity contribution in [1.82, 2.24) is 0 Å². The molecule has 0 aliphatic carbocycles. The van der Waals surface area contributed by atoms with Crippen molar-refractivity contribution < 1.29 is 59.7 Å². The van der Waals surface area contributed by atoms with Crippen molar-refractivity contribution in [3.63, 3.8) is 0 Å². The maximum absolute atomic E-state index is 14.4. The number of cyclic esters (lactones) is 4. The summed E-state index contributed by atoms with van der Waals surface area (Å²) in [7, 11) is 0. The van der Waals surface area contributed by atoms with Gasteiger partial charge in [-0.1, -0.05) is 0 Å². The third-order valence-electron chi connectivity index (χ3n) is 5.37. The summed E-state index contributed by atoms with van der Waals surface area (Å²) in [4.78, 5) is 47.1. The molecule has 13 heteroatoms. The summed E-state index contributed by atoms with van der Waals surface area (Å²) in [5.41, 5.74) is -10.6. The number of esters is 4. The number of rotatable bonds is 0. The quantitative estimate of drug-likeness (QED) is 0.337. The molecular formula is C19H4F6O7. The second kappa shape index (κ2) is 5.66. The molecule has 32 heavy (non-hydrogen) atoms. The molecule has 7 nitrogen and oxygen atoms in total. The first-order chi connectivity index (χ1) is 14.8. The molecule has 0 spiro atoms. The molecule has 0 atom stereocenters. The van der Waals surface area contributed by atoms with E-state index in [-0.39, 0.29) is 12.1 Å². The normalized spacial score (nSPS) is 18.3. The van der Waals surface area contributed by atoms with Gasteiger partial charge in [0, 0.05) is 11.1 Å². The lowest BCUT2D eigenvalue weighted by atomic mass is 9.69. The zero-order valence-electron chi connectivity index (χ0n) is 14.9. The van der Waals surface area contributed by atoms with Crippen molar-refractivity contribution >= 4 is 23.9 Å². The molecule has 0 radical (unpaired) electrons. The molecule has 2 aromatic carbocycles. The third kappa shape index (κ3) is 2.22. The Morgan fingerprint density at radius 3 is 1.16 bits per heavy atom. The first-order valence-electron chi connectivity index (χ1n) is 8.48. The Labute approximate surface area is 171 Å². The topological polar surface area (TPSA) is 96.0 Å². The Kier molecular flexibility index (Phi) is 3.54. The van der Waals surface area contributed by atoms with Crippen LogP contribution in [0.1, 0.15) is 52.6 Å². The highest BCUT2D eigenvalue weighted by Crippen LogP contribution is 2.63. The highest BCUT2D eigenvalue weighted by molar-refractivity contribution is 6.16. The second-order valence-corrected chi connectivity index (χ2v) is 6.99. The molecule has 5 rings (SSSR count). The van der Waals surface area contributed by atoms with Crippen molar-refractivity contribution in [2.75, 3.05) is 0 Å². The summed E-state index contributed by atoms with van der Waals surface area (Å²) in [6, 6.07) is 1.53. The molecule has 0 N–H and O–H groups in total. The molecule has 3 aliphatic heterocycles. The number of ether oxygens (including phenoxy) is 3. The van der Waals surface area contributed by atoms with Gasteiger partial charge in [0.2, 0.25) is 5.41 Å². The van der Waals surface area contributed by atoms with Crippen molar-refractivity contribution in [2.45, 2.75) is 17.8 Å². The molecule has 0 unspecified atom stereocenters. The molecule has 3 heterocycles. The van der Waals surface area contributed by atoms with E-state index in [4.69, 9.17) is 4.74 Å². The van der Waals surface area contributed by atoms with Crippen LogP contribution in [-0.2, 0) is 14.9 Å². The van der Waals surface area contributed by atoms with E-state index in [2.05, 4.69) is 9.47 Å². The van der Waals surface area contributed by atoms with Crippen LogP contribution in [0.5, 0.6) is 11.5 Å². The minimum Gasteiger partial charge on any atom is -0.457 e. The van der Waals surface area contributed by atoms with Crippen LogP contribution in [0.25, 0.3) is 0 Å². The average molecular weight is 458 g/mol. The van der Waals surface area contributed by atoms with Crippen LogP contribution in [-0.4, -0.2) is 36.2 Å². The van der Waals surface area contributed by atoms with Gasteiger partial charge in [0.25, 0.3) is 0 Å². The Hall–Kier alpha value is -3.90. The van der Waals surface area contributed by atoms with Crippen molar-refractivity contribution in [1.29, 1.82) is 0 Å². The van der Waals surface area contributed by atoms with E-state index in [1.165, 1.54) is 0 Å². The van der Waals surface area contributed by atoms with Crippen molar-refractivity contribution in [2.24, 2.45) is 0 Å². The molecule has 0 amide bonds. The lowest BCUT2D eigenvalue weighted by Crippen LogP contribution is -2.56. The molecule has 2 aromatic rings. The average Bonchev–Trinajstić information content (AvgIpc) is 3.09. The summed E-state index contributed by atoms with van der Waals surface area (Å²) in [5, 5.41) is 0. The van der Waals surface area contributed by atoms with E-state index in [1.54, 1.807) is 0 Å². The number of alkyl halides is 6. The van der Waals surface area contributed by atoms with Crippen LogP contribution in [0.4, 0.5) is 26.3 Å². The van der Waals surface area contributed by atoms with Gasteiger partial charge in [0.1, 0.15) is 11.5 Å². The van der Waals surface area contributed by atoms with E-state index in [1.807, 2.05) is 0 Å². The largest absolute Gasteiger partial charge is 0.457 e. The summed E-state index contributed by atoms with van der Waals surface area (Å²) < 4.78 is 99.9. The fourth-order valence-corrected chi connectivity index (χ4v) is 4.01. The number of fused-ring (bicyclic) bond motifs is 4. The van der Waals surface area contributed by atoms with Crippen LogP contribution in [0.15, 0.2) is 24.3 Å². The lowest BCUT2D eigenvalue weighted by molar-refractivity contribution is -0.290. The molecular weight excluding hydrogens is 454 g/mol. The van der Waals surface area contributed by atoms with E-state index < -0.39 is 86.5 Å². The van der Waals surface area contributed by atoms with Gasteiger partial charge in [-0.05, 0) is 24.3 Å². The minimum absolute atomic E-state index is 0.235. The fraction of sp³-hybridized carbons (Fsp3) is 0.158. The summed E-state index contributed by atoms with van der Waals surface area (Å²) in [6.07, 6.45) is -12.1. The number of carbonyl (C=O) groups excluding carboxylic acids is 4. The smallest absolute Gasteiger partial charge is 0.411 e. The van der Waals surface area contributed by atoms with Crippen LogP contribution in [0, 0.1) is 0 Å². The number of halogens is 6. The van der Waals surface area contributed by atoms with E-state index in [9.17, 15) is 45.5 Å². The van der Waals surface area contributed by atoms with Crippen molar-refractivity contribution in [3.05, 3.63) is 57.6 Å². The maximum atomic E-state index is 14.4. The van der Waals surface area contributed by atoms with Gasteiger partial charge >= 0.3 is 36.2 Å². The minimum atomic E-state index is -6.07. The number of hydrogen-bond donors (Lipinski definition) is 0. The highest BCUT2D eigenvalue weighted by Gasteiger charge is 2.75. The predicted molar refractivity (Wildman–Crippen MR) is 85.3 cm³/mol. The van der Waals surface area contributed by atoms with Crippen LogP contribution in [0.3, 0.4) is 0 Å². The van der Waals surface area contributed by atoms with Gasteiger partial charge in [0.15, 0.2) is 0 Å². The summed E-state index contributed by atoms with van der Waals surface area (Å²) >= 11 is 0. The molecule has 164 valence electrons. The Morgan fingerprint density at radius 1 is 0.531 bits per heavy atom. The Morgan fingerprint density at radius 2 is 0.844 bits per heavy atom. The van der Waals surface area contributed by atoms with Gasteiger partial charge in [-0.25, -0.2) is 19.2 Å². The molecule has 0 fully saturated rings. The van der Waals surface area contributed by atoms with E-state index in [0.717, 1.165) is 0 Å². The zero-order chi connectivity index (χ0) is 23.4. The monoisotopic (exact) mass is 458 g/mol. The van der Waals surface area contributed by atoms with Gasteiger partial charge in [0.05, 0.1) is 22.3 Å². The Bertz CT molecular complexity index is 1210. The zero-order valence-corrected chi connectivity index (χ0v) is 14.9. The molecule has 3 aliphatic rings. The summed E-state index contributed by atoms with van der Waals surface area (Å²) in [6.45, 7) is 0. The lowest BCUT2D eigenvalue weighted by Gasteiger charge is -2.42. The number of carbonyl (C=O) groups is 4. The van der Waals surface area contributed by atoms with Gasteiger partial charge in [-0.15, -0.1) is 0 Å². The first kappa shape index (κ1) is 20.0. The fourth-order valence-electron chi connectivity index (χ4n) is 4.01. The van der Waals surface area contributed by atoms with Gasteiger partial charge in [-0.2, -0.15) is 26.3 Å². The van der Waals surface area contributed by atoms with E-state index >= 15 is 0 Å². The number of benzene rings is 2. The second-order valence-electron chi connectivity index (χ2n) is 6.99. The molecule has 0 bridgehead atoms.